The third kappa shape index (κ3) is 4.98. The predicted octanol–water partition coefficient (Wildman–Crippen LogP) is 3.71. The van der Waals surface area contributed by atoms with Gasteiger partial charge in [-0.15, -0.1) is 0 Å². The van der Waals surface area contributed by atoms with Gasteiger partial charge in [0.15, 0.2) is 11.5 Å². The van der Waals surface area contributed by atoms with Crippen molar-refractivity contribution in [2.45, 2.75) is 25.8 Å². The Morgan fingerprint density at radius 1 is 1.00 bits per heavy atom. The molecule has 0 aliphatic carbocycles. The normalized spacial score (nSPS) is 11.0. The molecule has 0 atom stereocenters. The number of fused-ring (bicyclic) bond motifs is 2. The molecule has 4 aromatic rings. The third-order valence-corrected chi connectivity index (χ3v) is 5.73. The molecule has 1 amide bonds. The quantitative estimate of drug-likeness (QED) is 0.425. The molecule has 1 heterocycles. The Labute approximate surface area is 192 Å². The van der Waals surface area contributed by atoms with Crippen LogP contribution in [-0.2, 0) is 17.8 Å². The van der Waals surface area contributed by atoms with E-state index >= 15 is 0 Å². The van der Waals surface area contributed by atoms with E-state index in [1.54, 1.807) is 12.1 Å². The molecular formula is C26H27N3O4. The Morgan fingerprint density at radius 3 is 2.58 bits per heavy atom. The van der Waals surface area contributed by atoms with Crippen molar-refractivity contribution in [3.8, 4) is 11.5 Å². The molecule has 0 saturated carbocycles. The molecule has 0 spiro atoms. The first kappa shape index (κ1) is 22.3. The number of amides is 1. The minimum Gasteiger partial charge on any atom is -0.493 e. The molecule has 0 saturated heterocycles. The molecular weight excluding hydrogens is 418 g/mol. The van der Waals surface area contributed by atoms with Crippen LogP contribution in [0.3, 0.4) is 0 Å². The summed E-state index contributed by atoms with van der Waals surface area (Å²) in [7, 11) is 3.06. The lowest BCUT2D eigenvalue weighted by Crippen LogP contribution is -2.26. The van der Waals surface area contributed by atoms with Gasteiger partial charge in [0.05, 0.1) is 31.4 Å². The highest BCUT2D eigenvalue weighted by Crippen LogP contribution is 2.29. The van der Waals surface area contributed by atoms with Crippen LogP contribution in [0.2, 0.25) is 0 Å². The van der Waals surface area contributed by atoms with E-state index in [1.807, 2.05) is 18.2 Å². The van der Waals surface area contributed by atoms with E-state index in [9.17, 15) is 9.59 Å². The van der Waals surface area contributed by atoms with Crippen LogP contribution in [0.4, 0.5) is 0 Å². The number of carbonyl (C=O) groups excluding carboxylic acids is 1. The average molecular weight is 446 g/mol. The summed E-state index contributed by atoms with van der Waals surface area (Å²) in [5.41, 5.74) is 1.59. The molecule has 0 fully saturated rings. The van der Waals surface area contributed by atoms with Crippen molar-refractivity contribution in [3.05, 3.63) is 76.8 Å². The zero-order chi connectivity index (χ0) is 23.2. The molecule has 1 N–H and O–H groups in total. The highest BCUT2D eigenvalue weighted by atomic mass is 16.5. The molecule has 0 unspecified atom stereocenters. The van der Waals surface area contributed by atoms with Crippen LogP contribution in [0.5, 0.6) is 11.5 Å². The predicted molar refractivity (Wildman–Crippen MR) is 129 cm³/mol. The van der Waals surface area contributed by atoms with E-state index in [0.717, 1.165) is 6.42 Å². The monoisotopic (exact) mass is 445 g/mol. The highest BCUT2D eigenvalue weighted by Gasteiger charge is 2.11. The van der Waals surface area contributed by atoms with Gasteiger partial charge in [-0.1, -0.05) is 42.5 Å². The third-order valence-electron chi connectivity index (χ3n) is 5.73. The van der Waals surface area contributed by atoms with Crippen LogP contribution in [0.25, 0.3) is 21.7 Å². The molecule has 33 heavy (non-hydrogen) atoms. The van der Waals surface area contributed by atoms with Crippen LogP contribution in [0.15, 0.2) is 65.7 Å². The molecule has 7 nitrogen and oxygen atoms in total. The van der Waals surface area contributed by atoms with Crippen LogP contribution in [0.1, 0.15) is 18.4 Å². The van der Waals surface area contributed by atoms with Crippen molar-refractivity contribution in [2.24, 2.45) is 0 Å². The zero-order valence-corrected chi connectivity index (χ0v) is 18.8. The van der Waals surface area contributed by atoms with Crippen molar-refractivity contribution in [2.75, 3.05) is 20.8 Å². The van der Waals surface area contributed by atoms with E-state index in [-0.39, 0.29) is 11.5 Å². The average Bonchev–Trinajstić information content (AvgIpc) is 2.85. The summed E-state index contributed by atoms with van der Waals surface area (Å²) in [5.74, 6) is 0.977. The van der Waals surface area contributed by atoms with Gasteiger partial charge >= 0.3 is 0 Å². The fourth-order valence-corrected chi connectivity index (χ4v) is 3.99. The molecule has 0 radical (unpaired) electrons. The summed E-state index contributed by atoms with van der Waals surface area (Å²) >= 11 is 0. The second-order valence-corrected chi connectivity index (χ2v) is 7.81. The number of aromatic nitrogens is 2. The number of nitrogens with zero attached hydrogens (tertiary/aromatic N) is 2. The fraction of sp³-hybridized carbons (Fsp3) is 0.269. The summed E-state index contributed by atoms with van der Waals surface area (Å²) in [5, 5.41) is 5.85. The van der Waals surface area contributed by atoms with Gasteiger partial charge in [0.2, 0.25) is 5.91 Å². The Morgan fingerprint density at radius 2 is 1.76 bits per heavy atom. The zero-order valence-electron chi connectivity index (χ0n) is 18.8. The van der Waals surface area contributed by atoms with E-state index in [4.69, 9.17) is 9.47 Å². The van der Waals surface area contributed by atoms with Gasteiger partial charge in [-0.05, 0) is 35.2 Å². The number of nitrogens with one attached hydrogen (secondary N) is 1. The standard InChI is InChI=1S/C26H27N3O4/c1-32-23-15-21-22(16-24(23)33-2)28-17-29(26(21)31)14-6-11-25(30)27-13-12-19-9-5-8-18-7-3-4-10-20(18)19/h3-5,7-10,15-17H,6,11-14H2,1-2H3,(H,27,30). The lowest BCUT2D eigenvalue weighted by atomic mass is 10.0. The van der Waals surface area contributed by atoms with Crippen molar-refractivity contribution in [1.82, 2.24) is 14.9 Å². The minimum atomic E-state index is -0.169. The highest BCUT2D eigenvalue weighted by molar-refractivity contribution is 5.85. The van der Waals surface area contributed by atoms with Gasteiger partial charge < -0.3 is 14.8 Å². The number of hydrogen-bond acceptors (Lipinski definition) is 5. The van der Waals surface area contributed by atoms with Crippen molar-refractivity contribution >= 4 is 27.6 Å². The molecule has 3 aromatic carbocycles. The lowest BCUT2D eigenvalue weighted by Gasteiger charge is -2.11. The SMILES string of the molecule is COc1cc2ncn(CCCC(=O)NCCc3cccc4ccccc34)c(=O)c2cc1OC. The van der Waals surface area contributed by atoms with Gasteiger partial charge in [-0.2, -0.15) is 0 Å². The van der Waals surface area contributed by atoms with Gasteiger partial charge in [0, 0.05) is 25.6 Å². The van der Waals surface area contributed by atoms with E-state index in [0.29, 0.717) is 48.3 Å². The maximum atomic E-state index is 12.8. The van der Waals surface area contributed by atoms with Crippen molar-refractivity contribution < 1.29 is 14.3 Å². The smallest absolute Gasteiger partial charge is 0.261 e. The van der Waals surface area contributed by atoms with E-state index < -0.39 is 0 Å². The Hall–Kier alpha value is -3.87. The summed E-state index contributed by atoms with van der Waals surface area (Å²) in [6.07, 6.45) is 3.16. The summed E-state index contributed by atoms with van der Waals surface area (Å²) < 4.78 is 12.1. The van der Waals surface area contributed by atoms with Crippen molar-refractivity contribution in [3.63, 3.8) is 0 Å². The molecule has 0 aliphatic rings. The topological polar surface area (TPSA) is 82.5 Å². The molecule has 0 bridgehead atoms. The first-order chi connectivity index (χ1) is 16.1. The first-order valence-electron chi connectivity index (χ1n) is 10.9. The second-order valence-electron chi connectivity index (χ2n) is 7.81. The summed E-state index contributed by atoms with van der Waals surface area (Å²) in [6, 6.07) is 17.8. The largest absolute Gasteiger partial charge is 0.493 e. The minimum absolute atomic E-state index is 0.0246. The van der Waals surface area contributed by atoms with Crippen molar-refractivity contribution in [1.29, 1.82) is 0 Å². The molecule has 4 rings (SSSR count). The van der Waals surface area contributed by atoms with E-state index in [2.05, 4.69) is 34.6 Å². The maximum Gasteiger partial charge on any atom is 0.261 e. The van der Waals surface area contributed by atoms with Gasteiger partial charge in [-0.25, -0.2) is 4.98 Å². The second kappa shape index (κ2) is 10.2. The summed E-state index contributed by atoms with van der Waals surface area (Å²) in [4.78, 5) is 29.5. The van der Waals surface area contributed by atoms with E-state index in [1.165, 1.54) is 41.4 Å². The lowest BCUT2D eigenvalue weighted by molar-refractivity contribution is -0.121. The molecule has 1 aromatic heterocycles. The van der Waals surface area contributed by atoms with Gasteiger partial charge in [-0.3, -0.25) is 14.2 Å². The number of rotatable bonds is 9. The van der Waals surface area contributed by atoms with Crippen LogP contribution >= 0.6 is 0 Å². The number of benzene rings is 3. The van der Waals surface area contributed by atoms with Crippen LogP contribution in [-0.4, -0.2) is 36.2 Å². The van der Waals surface area contributed by atoms with Gasteiger partial charge in [0.25, 0.3) is 5.56 Å². The Bertz CT molecular complexity index is 1340. The number of carbonyl (C=O) groups is 1. The fourth-order valence-electron chi connectivity index (χ4n) is 3.99. The number of hydrogen-bond donors (Lipinski definition) is 1. The van der Waals surface area contributed by atoms with Crippen LogP contribution < -0.4 is 20.3 Å². The Balaban J connectivity index is 1.32. The van der Waals surface area contributed by atoms with Gasteiger partial charge in [0.1, 0.15) is 0 Å². The molecule has 0 aliphatic heterocycles. The molecule has 7 heteroatoms. The summed E-state index contributed by atoms with van der Waals surface area (Å²) in [6.45, 7) is 0.985. The Kier molecular flexibility index (Phi) is 6.88. The first-order valence-corrected chi connectivity index (χ1v) is 10.9. The maximum absolute atomic E-state index is 12.8. The number of aryl methyl sites for hydroxylation is 1. The number of methoxy groups -OCH3 is 2. The van der Waals surface area contributed by atoms with Crippen LogP contribution in [0, 0.1) is 0 Å². The molecule has 170 valence electrons. The number of ether oxygens (including phenoxy) is 2.